The Labute approximate surface area is 169 Å². The Hall–Kier alpha value is -2.18. The number of hydrogen-bond acceptors (Lipinski definition) is 3. The van der Waals surface area contributed by atoms with Crippen LogP contribution in [-0.2, 0) is 0 Å². The maximum atomic E-state index is 12.5. The Morgan fingerprint density at radius 1 is 1.04 bits per heavy atom. The van der Waals surface area contributed by atoms with Crippen LogP contribution >= 0.6 is 15.9 Å². The molecule has 5 nitrogen and oxygen atoms in total. The van der Waals surface area contributed by atoms with Crippen molar-refractivity contribution < 1.29 is 9.59 Å². The molecule has 2 aromatic rings. The first kappa shape index (κ1) is 21.1. The Balaban J connectivity index is 2.07. The second kappa shape index (κ2) is 9.67. The monoisotopic (exact) mass is 431 g/mol. The Kier molecular flexibility index (Phi) is 7.56. The molecule has 0 saturated heterocycles. The van der Waals surface area contributed by atoms with E-state index in [9.17, 15) is 9.59 Å². The molecule has 1 unspecified atom stereocenters. The molecule has 2 rings (SSSR count). The molecule has 2 N–H and O–H groups in total. The predicted molar refractivity (Wildman–Crippen MR) is 113 cm³/mol. The van der Waals surface area contributed by atoms with Gasteiger partial charge in [0.1, 0.15) is 0 Å². The summed E-state index contributed by atoms with van der Waals surface area (Å²) in [4.78, 5) is 27.1. The van der Waals surface area contributed by atoms with Gasteiger partial charge in [0.2, 0.25) is 0 Å². The van der Waals surface area contributed by atoms with Gasteiger partial charge in [0, 0.05) is 27.3 Å². The van der Waals surface area contributed by atoms with Crippen LogP contribution in [-0.4, -0.2) is 43.4 Å². The zero-order chi connectivity index (χ0) is 20.0. The van der Waals surface area contributed by atoms with Gasteiger partial charge in [-0.1, -0.05) is 22.0 Å². The molecule has 27 heavy (non-hydrogen) atoms. The van der Waals surface area contributed by atoms with Crippen molar-refractivity contribution in [3.63, 3.8) is 0 Å². The molecule has 6 heteroatoms. The summed E-state index contributed by atoms with van der Waals surface area (Å²) in [6.45, 7) is 4.80. The first-order valence-electron chi connectivity index (χ1n) is 8.89. The number of nitrogens with one attached hydrogen (secondary N) is 2. The fraction of sp³-hybridized carbons (Fsp3) is 0.333. The molecule has 1 atom stereocenters. The van der Waals surface area contributed by atoms with Crippen molar-refractivity contribution in [3.05, 3.63) is 63.6 Å². The summed E-state index contributed by atoms with van der Waals surface area (Å²) >= 11 is 3.36. The third-order valence-corrected chi connectivity index (χ3v) is 4.77. The number of carbonyl (C=O) groups excluding carboxylic acids is 2. The van der Waals surface area contributed by atoms with Crippen molar-refractivity contribution in [2.24, 2.45) is 0 Å². The van der Waals surface area contributed by atoms with Crippen molar-refractivity contribution in [2.45, 2.75) is 26.3 Å². The number of benzene rings is 2. The van der Waals surface area contributed by atoms with Crippen LogP contribution in [0.1, 0.15) is 39.6 Å². The van der Waals surface area contributed by atoms with Gasteiger partial charge < -0.3 is 15.5 Å². The number of halogens is 1. The molecule has 0 bridgehead atoms. The van der Waals surface area contributed by atoms with Crippen molar-refractivity contribution in [3.8, 4) is 0 Å². The Morgan fingerprint density at radius 2 is 1.67 bits per heavy atom. The average Bonchev–Trinajstić information content (AvgIpc) is 2.62. The van der Waals surface area contributed by atoms with Crippen molar-refractivity contribution >= 4 is 33.4 Å². The summed E-state index contributed by atoms with van der Waals surface area (Å²) in [6.07, 6.45) is 0.873. The number of aryl methyl sites for hydroxylation is 1. The molecule has 2 amide bonds. The van der Waals surface area contributed by atoms with E-state index in [1.54, 1.807) is 24.3 Å². The van der Waals surface area contributed by atoms with Crippen LogP contribution in [0, 0.1) is 6.92 Å². The molecule has 0 fully saturated rings. The zero-order valence-electron chi connectivity index (χ0n) is 16.2. The standard InChI is InChI=1S/C21H26BrN3O2/c1-14-5-6-17(21(27)23-15(2)11-12-25(3)4)13-19(14)24-20(26)16-7-9-18(22)10-8-16/h5-10,13,15H,11-12H2,1-4H3,(H,23,27)(H,24,26). The van der Waals surface area contributed by atoms with Gasteiger partial charge in [-0.25, -0.2) is 0 Å². The van der Waals surface area contributed by atoms with Crippen LogP contribution < -0.4 is 10.6 Å². The number of amides is 2. The summed E-state index contributed by atoms with van der Waals surface area (Å²) in [7, 11) is 4.02. The largest absolute Gasteiger partial charge is 0.350 e. The maximum absolute atomic E-state index is 12.5. The number of hydrogen-bond donors (Lipinski definition) is 2. The van der Waals surface area contributed by atoms with E-state index in [0.717, 1.165) is 23.0 Å². The molecule has 0 heterocycles. The Bertz CT molecular complexity index is 804. The summed E-state index contributed by atoms with van der Waals surface area (Å²) in [5.74, 6) is -0.345. The molecule has 144 valence electrons. The lowest BCUT2D eigenvalue weighted by Crippen LogP contribution is -2.34. The highest BCUT2D eigenvalue weighted by Gasteiger charge is 2.13. The van der Waals surface area contributed by atoms with E-state index in [4.69, 9.17) is 0 Å². The molecule has 2 aromatic carbocycles. The van der Waals surface area contributed by atoms with Gasteiger partial charge in [0.25, 0.3) is 11.8 Å². The zero-order valence-corrected chi connectivity index (χ0v) is 17.8. The highest BCUT2D eigenvalue weighted by molar-refractivity contribution is 9.10. The molecule has 0 aliphatic heterocycles. The molecule has 0 spiro atoms. The highest BCUT2D eigenvalue weighted by Crippen LogP contribution is 2.19. The van der Waals surface area contributed by atoms with Gasteiger partial charge in [0.15, 0.2) is 0 Å². The fourth-order valence-corrected chi connectivity index (χ4v) is 2.79. The van der Waals surface area contributed by atoms with Gasteiger partial charge in [-0.3, -0.25) is 9.59 Å². The van der Waals surface area contributed by atoms with Crippen molar-refractivity contribution in [2.75, 3.05) is 26.0 Å². The van der Waals surface area contributed by atoms with E-state index < -0.39 is 0 Å². The van der Waals surface area contributed by atoms with Crippen LogP contribution in [0.3, 0.4) is 0 Å². The first-order valence-corrected chi connectivity index (χ1v) is 9.68. The fourth-order valence-electron chi connectivity index (χ4n) is 2.52. The number of anilines is 1. The van der Waals surface area contributed by atoms with Crippen LogP contribution in [0.25, 0.3) is 0 Å². The maximum Gasteiger partial charge on any atom is 0.255 e. The average molecular weight is 432 g/mol. The minimum Gasteiger partial charge on any atom is -0.350 e. The van der Waals surface area contributed by atoms with E-state index >= 15 is 0 Å². The van der Waals surface area contributed by atoms with E-state index in [0.29, 0.717) is 16.8 Å². The SMILES string of the molecule is Cc1ccc(C(=O)NC(C)CCN(C)C)cc1NC(=O)c1ccc(Br)cc1. The summed E-state index contributed by atoms with van der Waals surface area (Å²) in [5.41, 5.74) is 2.63. The predicted octanol–water partition coefficient (Wildman–Crippen LogP) is 4.08. The molecule has 0 aliphatic rings. The van der Waals surface area contributed by atoms with Crippen LogP contribution in [0.15, 0.2) is 46.9 Å². The minimum absolute atomic E-state index is 0.0713. The van der Waals surface area contributed by atoms with Crippen LogP contribution in [0.5, 0.6) is 0 Å². The van der Waals surface area contributed by atoms with Crippen molar-refractivity contribution in [1.29, 1.82) is 0 Å². The quantitative estimate of drug-likeness (QED) is 0.693. The van der Waals surface area contributed by atoms with E-state index in [1.165, 1.54) is 0 Å². The van der Waals surface area contributed by atoms with Crippen LogP contribution in [0.2, 0.25) is 0 Å². The van der Waals surface area contributed by atoms with Gasteiger partial charge in [0.05, 0.1) is 0 Å². The lowest BCUT2D eigenvalue weighted by Gasteiger charge is -2.17. The lowest BCUT2D eigenvalue weighted by atomic mass is 10.1. The van der Waals surface area contributed by atoms with Gasteiger partial charge in [-0.2, -0.15) is 0 Å². The first-order chi connectivity index (χ1) is 12.8. The lowest BCUT2D eigenvalue weighted by molar-refractivity contribution is 0.0935. The van der Waals surface area contributed by atoms with E-state index in [1.807, 2.05) is 46.1 Å². The molecular weight excluding hydrogens is 406 g/mol. The second-order valence-electron chi connectivity index (χ2n) is 6.96. The molecule has 0 aliphatic carbocycles. The normalized spacial score (nSPS) is 11.9. The minimum atomic E-state index is -0.206. The molecule has 0 saturated carbocycles. The van der Waals surface area contributed by atoms with Gasteiger partial charge >= 0.3 is 0 Å². The van der Waals surface area contributed by atoms with E-state index in [2.05, 4.69) is 31.5 Å². The Morgan fingerprint density at radius 3 is 2.30 bits per heavy atom. The smallest absolute Gasteiger partial charge is 0.255 e. The highest BCUT2D eigenvalue weighted by atomic mass is 79.9. The topological polar surface area (TPSA) is 61.4 Å². The van der Waals surface area contributed by atoms with E-state index in [-0.39, 0.29) is 17.9 Å². The number of rotatable bonds is 7. The van der Waals surface area contributed by atoms with Gasteiger partial charge in [-0.15, -0.1) is 0 Å². The van der Waals surface area contributed by atoms with Crippen molar-refractivity contribution in [1.82, 2.24) is 10.2 Å². The molecule has 0 aromatic heterocycles. The van der Waals surface area contributed by atoms with Crippen LogP contribution in [0.4, 0.5) is 5.69 Å². The number of nitrogens with zero attached hydrogens (tertiary/aromatic N) is 1. The third kappa shape index (κ3) is 6.48. The number of carbonyl (C=O) groups is 2. The second-order valence-corrected chi connectivity index (χ2v) is 7.87. The molecular formula is C21H26BrN3O2. The van der Waals surface area contributed by atoms with Gasteiger partial charge in [-0.05, 0) is 82.9 Å². The summed E-state index contributed by atoms with van der Waals surface area (Å²) in [5, 5.41) is 5.90. The summed E-state index contributed by atoms with van der Waals surface area (Å²) < 4.78 is 0.914. The third-order valence-electron chi connectivity index (χ3n) is 4.24. The molecule has 0 radical (unpaired) electrons. The summed E-state index contributed by atoms with van der Waals surface area (Å²) in [6, 6.07) is 12.5.